The van der Waals surface area contributed by atoms with Crippen molar-refractivity contribution in [3.63, 3.8) is 0 Å². The molecule has 0 unspecified atom stereocenters. The molecule has 0 radical (unpaired) electrons. The summed E-state index contributed by atoms with van der Waals surface area (Å²) in [6, 6.07) is 2.82. The molecule has 0 amide bonds. The highest BCUT2D eigenvalue weighted by atomic mass is 79.9. The van der Waals surface area contributed by atoms with Crippen LogP contribution in [0.3, 0.4) is 0 Å². The Morgan fingerprint density at radius 2 is 1.89 bits per heavy atom. The molecule has 19 heavy (non-hydrogen) atoms. The zero-order valence-corrected chi connectivity index (χ0v) is 11.6. The molecule has 0 aliphatic rings. The number of benzene rings is 1. The van der Waals surface area contributed by atoms with E-state index >= 15 is 0 Å². The van der Waals surface area contributed by atoms with Crippen molar-refractivity contribution < 1.29 is 23.8 Å². The van der Waals surface area contributed by atoms with E-state index in [1.54, 1.807) is 6.07 Å². The number of ether oxygens (including phenoxy) is 2. The molecule has 0 aliphatic carbocycles. The summed E-state index contributed by atoms with van der Waals surface area (Å²) in [6.07, 6.45) is 0. The lowest BCUT2D eigenvalue weighted by Gasteiger charge is -2.11. The van der Waals surface area contributed by atoms with Gasteiger partial charge in [0, 0.05) is 5.39 Å². The van der Waals surface area contributed by atoms with E-state index in [0.717, 1.165) is 0 Å². The molecule has 0 fully saturated rings. The first-order valence-corrected chi connectivity index (χ1v) is 5.90. The Balaban J connectivity index is 2.91. The number of rotatable bonds is 3. The van der Waals surface area contributed by atoms with Gasteiger partial charge in [0.15, 0.2) is 11.3 Å². The molecule has 2 rings (SSSR count). The number of hydrogen-bond acceptors (Lipinski definition) is 5. The van der Waals surface area contributed by atoms with E-state index in [1.807, 2.05) is 0 Å². The fourth-order valence-corrected chi connectivity index (χ4v) is 2.30. The van der Waals surface area contributed by atoms with Gasteiger partial charge in [-0.25, -0.2) is 9.59 Å². The minimum absolute atomic E-state index is 0.137. The molecular weight excluding hydrogens is 320 g/mol. The number of methoxy groups -OCH3 is 2. The average Bonchev–Trinajstić information content (AvgIpc) is 2.36. The maximum Gasteiger partial charge on any atom is 0.351 e. The van der Waals surface area contributed by atoms with E-state index in [2.05, 4.69) is 15.9 Å². The summed E-state index contributed by atoms with van der Waals surface area (Å²) in [7, 11) is 2.84. The normalized spacial score (nSPS) is 10.5. The van der Waals surface area contributed by atoms with Gasteiger partial charge in [0.2, 0.25) is 5.75 Å². The van der Waals surface area contributed by atoms with Crippen molar-refractivity contribution in [2.45, 2.75) is 0 Å². The van der Waals surface area contributed by atoms with E-state index in [1.165, 1.54) is 20.3 Å². The van der Waals surface area contributed by atoms with Crippen molar-refractivity contribution in [2.75, 3.05) is 14.2 Å². The number of carboxylic acids is 1. The monoisotopic (exact) mass is 328 g/mol. The highest BCUT2D eigenvalue weighted by Crippen LogP contribution is 2.41. The van der Waals surface area contributed by atoms with E-state index < -0.39 is 17.2 Å². The molecule has 1 heterocycles. The van der Waals surface area contributed by atoms with Gasteiger partial charge >= 0.3 is 11.6 Å². The van der Waals surface area contributed by atoms with Gasteiger partial charge in [0.05, 0.1) is 18.7 Å². The number of carboxylic acid groups (broad SMARTS) is 1. The number of aromatic carboxylic acids is 1. The van der Waals surface area contributed by atoms with E-state index in [0.29, 0.717) is 15.6 Å². The number of halogens is 1. The lowest BCUT2D eigenvalue weighted by molar-refractivity contribution is 0.0692. The molecule has 7 heteroatoms. The molecule has 1 aromatic heterocycles. The molecule has 1 aromatic carbocycles. The molecule has 0 atom stereocenters. The van der Waals surface area contributed by atoms with Crippen LogP contribution in [0.5, 0.6) is 11.5 Å². The van der Waals surface area contributed by atoms with Crippen LogP contribution in [0.4, 0.5) is 0 Å². The molecular formula is C12H9BrO6. The quantitative estimate of drug-likeness (QED) is 0.870. The molecule has 0 aliphatic heterocycles. The largest absolute Gasteiger partial charge is 0.492 e. The van der Waals surface area contributed by atoms with E-state index in [-0.39, 0.29) is 11.3 Å². The van der Waals surface area contributed by atoms with Crippen molar-refractivity contribution >= 4 is 32.9 Å². The fraction of sp³-hybridized carbons (Fsp3) is 0.167. The molecule has 0 saturated carbocycles. The van der Waals surface area contributed by atoms with E-state index in [9.17, 15) is 9.59 Å². The van der Waals surface area contributed by atoms with Crippen LogP contribution in [0, 0.1) is 0 Å². The Kier molecular flexibility index (Phi) is 3.48. The molecule has 6 nitrogen and oxygen atoms in total. The summed E-state index contributed by atoms with van der Waals surface area (Å²) in [5, 5.41) is 9.31. The summed E-state index contributed by atoms with van der Waals surface area (Å²) in [5.41, 5.74) is -1.24. The lowest BCUT2D eigenvalue weighted by Crippen LogP contribution is -2.13. The van der Waals surface area contributed by atoms with Gasteiger partial charge in [-0.05, 0) is 28.1 Å². The van der Waals surface area contributed by atoms with Gasteiger partial charge in [-0.15, -0.1) is 0 Å². The van der Waals surface area contributed by atoms with Gasteiger partial charge in [-0.2, -0.15) is 0 Å². The minimum Gasteiger partial charge on any atom is -0.492 e. The predicted molar refractivity (Wildman–Crippen MR) is 70.2 cm³/mol. The van der Waals surface area contributed by atoms with Gasteiger partial charge in [-0.3, -0.25) is 0 Å². The van der Waals surface area contributed by atoms with Crippen LogP contribution in [-0.4, -0.2) is 25.3 Å². The maximum atomic E-state index is 11.6. The molecule has 100 valence electrons. The first kappa shape index (κ1) is 13.4. The van der Waals surface area contributed by atoms with Crippen molar-refractivity contribution in [2.24, 2.45) is 0 Å². The Bertz CT molecular complexity index is 718. The summed E-state index contributed by atoms with van der Waals surface area (Å²) in [4.78, 5) is 22.5. The first-order valence-electron chi connectivity index (χ1n) is 5.11. The molecule has 0 saturated heterocycles. The van der Waals surface area contributed by atoms with Crippen molar-refractivity contribution in [1.29, 1.82) is 0 Å². The van der Waals surface area contributed by atoms with Gasteiger partial charge < -0.3 is 19.0 Å². The highest BCUT2D eigenvalue weighted by Gasteiger charge is 2.19. The SMILES string of the molecule is COc1c(Br)cc2cc(C(=O)O)c(=O)oc2c1OC. The topological polar surface area (TPSA) is 86.0 Å². The highest BCUT2D eigenvalue weighted by molar-refractivity contribution is 9.10. The van der Waals surface area contributed by atoms with Gasteiger partial charge in [-0.1, -0.05) is 0 Å². The Labute approximate surface area is 115 Å². The van der Waals surface area contributed by atoms with Crippen LogP contribution in [-0.2, 0) is 0 Å². The number of carbonyl (C=O) groups is 1. The summed E-state index contributed by atoms with van der Waals surface area (Å²) in [5.74, 6) is -0.760. The molecule has 1 N–H and O–H groups in total. The maximum absolute atomic E-state index is 11.6. The Hall–Kier alpha value is -2.02. The first-order chi connectivity index (χ1) is 8.99. The van der Waals surface area contributed by atoms with Crippen molar-refractivity contribution in [1.82, 2.24) is 0 Å². The van der Waals surface area contributed by atoms with Crippen LogP contribution < -0.4 is 15.1 Å². The third-order valence-corrected chi connectivity index (χ3v) is 3.12. The summed E-state index contributed by atoms with van der Waals surface area (Å²) in [6.45, 7) is 0. The zero-order valence-electron chi connectivity index (χ0n) is 10.0. The Morgan fingerprint density at radius 3 is 2.42 bits per heavy atom. The lowest BCUT2D eigenvalue weighted by atomic mass is 10.1. The second kappa shape index (κ2) is 4.93. The van der Waals surface area contributed by atoms with Crippen molar-refractivity contribution in [3.8, 4) is 11.5 Å². The number of fused-ring (bicyclic) bond motifs is 1. The predicted octanol–water partition coefficient (Wildman–Crippen LogP) is 2.27. The average molecular weight is 329 g/mol. The summed E-state index contributed by atoms with van der Waals surface area (Å²) < 4.78 is 15.9. The zero-order chi connectivity index (χ0) is 14.2. The van der Waals surface area contributed by atoms with Crippen LogP contribution in [0.25, 0.3) is 11.0 Å². The van der Waals surface area contributed by atoms with Crippen LogP contribution in [0.2, 0.25) is 0 Å². The Morgan fingerprint density at radius 1 is 1.26 bits per heavy atom. The molecule has 0 spiro atoms. The van der Waals surface area contributed by atoms with Crippen LogP contribution in [0.15, 0.2) is 25.8 Å². The molecule has 0 bridgehead atoms. The van der Waals surface area contributed by atoms with Crippen LogP contribution in [0.1, 0.15) is 10.4 Å². The second-order valence-electron chi connectivity index (χ2n) is 3.60. The second-order valence-corrected chi connectivity index (χ2v) is 4.45. The van der Waals surface area contributed by atoms with Gasteiger partial charge in [0.1, 0.15) is 5.56 Å². The number of hydrogen-bond donors (Lipinski definition) is 1. The van der Waals surface area contributed by atoms with E-state index in [4.69, 9.17) is 19.0 Å². The standard InChI is InChI=1S/C12H9BrO6/c1-17-9-7(13)4-5-3-6(11(14)15)12(16)19-8(5)10(9)18-2/h3-4H,1-2H3,(H,14,15). The van der Waals surface area contributed by atoms with Crippen molar-refractivity contribution in [3.05, 3.63) is 32.6 Å². The third kappa shape index (κ3) is 2.17. The third-order valence-electron chi connectivity index (χ3n) is 2.53. The summed E-state index contributed by atoms with van der Waals surface area (Å²) >= 11 is 3.28. The smallest absolute Gasteiger partial charge is 0.351 e. The van der Waals surface area contributed by atoms with Crippen LogP contribution >= 0.6 is 15.9 Å². The molecule has 2 aromatic rings. The van der Waals surface area contributed by atoms with Gasteiger partial charge in [0.25, 0.3) is 0 Å². The fourth-order valence-electron chi connectivity index (χ4n) is 1.71. The minimum atomic E-state index is -1.35.